The number of nitrogens with zero attached hydrogens (tertiary/aromatic N) is 2. The predicted octanol–water partition coefficient (Wildman–Crippen LogP) is 9.54. The monoisotopic (exact) mass is 1290 g/mol. The summed E-state index contributed by atoms with van der Waals surface area (Å²) in [6, 6.07) is 26.5. The molecule has 17 nitrogen and oxygen atoms in total. The molecule has 1 saturated heterocycles. The van der Waals surface area contributed by atoms with Gasteiger partial charge in [0.2, 0.25) is 6.29 Å². The van der Waals surface area contributed by atoms with Crippen LogP contribution in [-0.2, 0) is 38.2 Å². The van der Waals surface area contributed by atoms with E-state index >= 15 is 0 Å². The molecule has 0 radical (unpaired) electrons. The van der Waals surface area contributed by atoms with E-state index in [4.69, 9.17) is 23.7 Å². The topological polar surface area (TPSA) is 266 Å². The van der Waals surface area contributed by atoms with E-state index in [1.54, 1.807) is 37.7 Å². The molecule has 5 aliphatic heterocycles. The summed E-state index contributed by atoms with van der Waals surface area (Å²) in [6.45, 7) is 6.11. The molecule has 502 valence electrons. The van der Waals surface area contributed by atoms with Crippen LogP contribution in [0.5, 0.6) is 5.75 Å². The van der Waals surface area contributed by atoms with Gasteiger partial charge in [0.1, 0.15) is 42.3 Å². The molecular formula is C78H91N3O14. The largest absolute Gasteiger partial charge is 0.482 e. The van der Waals surface area contributed by atoms with Crippen LogP contribution in [0, 0.1) is 63.8 Å². The average molecular weight is 1290 g/mol. The molecular weight excluding hydrogens is 1200 g/mol. The number of hydrogen-bond acceptors (Lipinski definition) is 15. The second kappa shape index (κ2) is 26.2. The number of carbonyl (C=O) groups is 1. The Morgan fingerprint density at radius 2 is 1.83 bits per heavy atom. The molecule has 15 rings (SSSR count). The second-order valence-corrected chi connectivity index (χ2v) is 29.4. The molecule has 95 heavy (non-hydrogen) atoms. The molecule has 5 aliphatic carbocycles. The summed E-state index contributed by atoms with van der Waals surface area (Å²) in [6.07, 6.45) is 13.4. The quantitative estimate of drug-likeness (QED) is 0.0275. The summed E-state index contributed by atoms with van der Waals surface area (Å²) in [5.74, 6) is 1.94. The number of aromatic carboxylic acids is 1. The first-order valence-electron chi connectivity index (χ1n) is 34.6. The van der Waals surface area contributed by atoms with E-state index < -0.39 is 77.5 Å². The second-order valence-electron chi connectivity index (χ2n) is 29.4. The number of fused-ring (bicyclic) bond motifs is 7. The van der Waals surface area contributed by atoms with Crippen molar-refractivity contribution in [1.82, 2.24) is 9.88 Å². The third kappa shape index (κ3) is 11.3. The zero-order valence-electron chi connectivity index (χ0n) is 54.3. The van der Waals surface area contributed by atoms with Crippen molar-refractivity contribution in [2.24, 2.45) is 40.4 Å². The van der Waals surface area contributed by atoms with Crippen LogP contribution in [0.25, 0.3) is 10.8 Å². The highest BCUT2D eigenvalue weighted by Crippen LogP contribution is 2.74. The summed E-state index contributed by atoms with van der Waals surface area (Å²) in [5, 5.41) is 113. The molecule has 9 N–H and O–H groups in total. The van der Waals surface area contributed by atoms with Gasteiger partial charge in [-0.3, -0.25) is 0 Å². The molecule has 3 bridgehead atoms. The first-order chi connectivity index (χ1) is 46.0. The summed E-state index contributed by atoms with van der Waals surface area (Å²) >= 11 is 0. The van der Waals surface area contributed by atoms with Crippen LogP contribution < -0.4 is 10.1 Å². The predicted molar refractivity (Wildman–Crippen MR) is 354 cm³/mol. The number of carboxylic acids is 1. The first-order valence-corrected chi connectivity index (χ1v) is 34.6. The lowest BCUT2D eigenvalue weighted by Gasteiger charge is -2.54. The molecule has 21 atom stereocenters. The van der Waals surface area contributed by atoms with E-state index in [0.29, 0.717) is 55.1 Å². The summed E-state index contributed by atoms with van der Waals surface area (Å²) in [4.78, 5) is 12.1. The maximum atomic E-state index is 14.2. The molecule has 6 heterocycles. The number of allylic oxidation sites excluding steroid dienone is 4. The Balaban J connectivity index is 0.896. The van der Waals surface area contributed by atoms with Crippen molar-refractivity contribution >= 4 is 16.7 Å². The normalized spacial score (nSPS) is 36.3. The highest BCUT2D eigenvalue weighted by Gasteiger charge is 2.71. The number of hydrogen-bond donors (Lipinski definition) is 9. The lowest BCUT2D eigenvalue weighted by molar-refractivity contribution is -0.337. The number of nitriles is 1. The molecule has 17 heteroatoms. The minimum Gasteiger partial charge on any atom is -0.482 e. The summed E-state index contributed by atoms with van der Waals surface area (Å²) < 4.78 is 36.2. The molecule has 4 aromatic carbocycles. The third-order valence-electron chi connectivity index (χ3n) is 24.5. The van der Waals surface area contributed by atoms with Gasteiger partial charge in [0.05, 0.1) is 60.0 Å². The van der Waals surface area contributed by atoms with Gasteiger partial charge in [-0.1, -0.05) is 86.0 Å². The SMILES string of the molecule is C=CCc1ccc(OC2OC3C(CCCO)OC#CCC(O)C4CC2(OC(CCC2NC5c6c(ccc7cccc(c67)CC5O)C2C)=CC42C=CC4C(O)(CC5C(c6ccc(C(=O)O)cc6)CCC6CCCC654)C2)C(O)C3O)cc1CC(COC)C(CO)n1ccc(C#N)c1. The summed E-state index contributed by atoms with van der Waals surface area (Å²) in [5.41, 5.74) is 2.21. The van der Waals surface area contributed by atoms with Crippen molar-refractivity contribution in [3.8, 4) is 23.8 Å². The zero-order valence-corrected chi connectivity index (χ0v) is 54.3. The fourth-order valence-electron chi connectivity index (χ4n) is 20.2. The minimum atomic E-state index is -2.00. The third-order valence-corrected chi connectivity index (χ3v) is 24.5. The van der Waals surface area contributed by atoms with E-state index in [0.717, 1.165) is 70.9 Å². The van der Waals surface area contributed by atoms with Gasteiger partial charge in [0.25, 0.3) is 0 Å². The van der Waals surface area contributed by atoms with Crippen LogP contribution in [0.4, 0.5) is 0 Å². The van der Waals surface area contributed by atoms with Gasteiger partial charge in [-0.15, -0.1) is 6.58 Å². The number of aliphatic hydroxyl groups is 7. The van der Waals surface area contributed by atoms with Gasteiger partial charge in [0.15, 0.2) is 5.60 Å². The van der Waals surface area contributed by atoms with Gasteiger partial charge in [-0.05, 0) is 180 Å². The number of nitrogens with one attached hydrogen (secondary N) is 1. The summed E-state index contributed by atoms with van der Waals surface area (Å²) in [7, 11) is 1.61. The van der Waals surface area contributed by atoms with Crippen molar-refractivity contribution in [3.05, 3.63) is 172 Å². The van der Waals surface area contributed by atoms with Gasteiger partial charge >= 0.3 is 5.97 Å². The fourth-order valence-corrected chi connectivity index (χ4v) is 20.2. The molecule has 1 aromatic heterocycles. The van der Waals surface area contributed by atoms with Crippen LogP contribution >= 0.6 is 0 Å². The molecule has 3 spiro atoms. The van der Waals surface area contributed by atoms with Crippen LogP contribution in [0.15, 0.2) is 128 Å². The van der Waals surface area contributed by atoms with E-state index in [9.17, 15) is 50.9 Å². The Morgan fingerprint density at radius 1 is 0.989 bits per heavy atom. The van der Waals surface area contributed by atoms with Crippen LogP contribution in [0.1, 0.15) is 164 Å². The highest BCUT2D eigenvalue weighted by atomic mass is 16.7. The van der Waals surface area contributed by atoms with Crippen molar-refractivity contribution in [2.75, 3.05) is 26.9 Å². The number of aromatic nitrogens is 1. The maximum Gasteiger partial charge on any atom is 0.335 e. The number of carboxylic acid groups (broad SMARTS) is 1. The number of ether oxygens (including phenoxy) is 5. The van der Waals surface area contributed by atoms with Crippen molar-refractivity contribution < 1.29 is 69.3 Å². The van der Waals surface area contributed by atoms with E-state index in [-0.39, 0.29) is 111 Å². The molecule has 10 aliphatic rings. The minimum absolute atomic E-state index is 0.0244. The smallest absolute Gasteiger partial charge is 0.335 e. The Labute approximate surface area is 556 Å². The van der Waals surface area contributed by atoms with E-state index in [2.05, 4.69) is 79.4 Å². The fraction of sp³-hybridized carbons (Fsp3) is 0.538. The molecule has 0 amide bonds. The first kappa shape index (κ1) is 65.4. The van der Waals surface area contributed by atoms with Crippen molar-refractivity contribution in [2.45, 2.75) is 194 Å². The van der Waals surface area contributed by atoms with E-state index in [1.165, 1.54) is 5.39 Å². The zero-order chi connectivity index (χ0) is 66.1. The highest BCUT2D eigenvalue weighted by molar-refractivity contribution is 5.92. The average Bonchev–Trinajstić information content (AvgIpc) is 1.61. The van der Waals surface area contributed by atoms with Gasteiger partial charge in [-0.25, -0.2) is 4.79 Å². The molecule has 21 unspecified atom stereocenters. The Hall–Kier alpha value is -6.84. The Bertz CT molecular complexity index is 3870. The van der Waals surface area contributed by atoms with E-state index in [1.807, 2.05) is 47.0 Å². The number of rotatable bonds is 19. The standard InChI is InChI=1S/C78H91N3O14/c1-4-9-47-19-22-55(35-52(47)34-53(43-91-3)62(42-83)81-31-28-46(40-79)41-81)93-74-78-39-60(63(84)13-8-33-92-65(14-7-32-82)71(94-74)70(86)72(78)87)75(37-56(95-78)23-26-61-45(2)57-24-20-49-10-5-11-51-36-64(85)69(80-61)68(57)67(49)51)30-27-66-76(90,44-75)38-59-58(25-21-54-12-6-29-77(54,59)66)48-15-17-50(18-16-48)73(88)89/h4-5,10-11,15-20,22,24,27-28,30-31,35,37,41,45,53-54,58-66,69-72,74,80,82-87,90H,1,6-7,9,12-14,21,23,25-26,29,32,34,36,38-39,42-44H2,2-3H3,(H,88,89). The Morgan fingerprint density at radius 3 is 2.60 bits per heavy atom. The van der Waals surface area contributed by atoms with Crippen molar-refractivity contribution in [3.63, 3.8) is 0 Å². The Kier molecular flexibility index (Phi) is 18.0. The number of aliphatic hydroxyl groups excluding tert-OH is 6. The van der Waals surface area contributed by atoms with Gasteiger partial charge < -0.3 is 74.4 Å². The van der Waals surface area contributed by atoms with Gasteiger partial charge in [-0.2, -0.15) is 5.26 Å². The van der Waals surface area contributed by atoms with Crippen LogP contribution in [0.2, 0.25) is 0 Å². The van der Waals surface area contributed by atoms with Crippen LogP contribution in [0.3, 0.4) is 0 Å². The number of benzene rings is 4. The number of methoxy groups -OCH3 is 1. The molecule has 4 fully saturated rings. The molecule has 5 aromatic rings. The lowest BCUT2D eigenvalue weighted by Crippen LogP contribution is -2.71. The van der Waals surface area contributed by atoms with Crippen molar-refractivity contribution in [1.29, 1.82) is 5.26 Å². The lowest BCUT2D eigenvalue weighted by atomic mass is 9.52. The molecule has 3 saturated carbocycles. The van der Waals surface area contributed by atoms with Gasteiger partial charge in [0, 0.05) is 81.0 Å². The van der Waals surface area contributed by atoms with Crippen LogP contribution in [-0.4, -0.2) is 138 Å². The maximum absolute atomic E-state index is 14.2.